The standard InChI is InChI=1S/C14H16FNO4S2/c1-20-12-5-4-10(15)9-14(12)22(18,19)16-7-6-11(17)13-3-2-8-21-13/h2-5,8-9,11,16-17H,6-7H2,1H3/t11-/m1/s1. The molecule has 8 heteroatoms. The Morgan fingerprint density at radius 1 is 1.41 bits per heavy atom. The summed E-state index contributed by atoms with van der Waals surface area (Å²) in [6.07, 6.45) is -0.519. The molecule has 0 aliphatic carbocycles. The van der Waals surface area contributed by atoms with Gasteiger partial charge in [-0.1, -0.05) is 6.07 Å². The number of sulfonamides is 1. The van der Waals surface area contributed by atoms with Crippen molar-refractivity contribution in [3.8, 4) is 5.75 Å². The third kappa shape index (κ3) is 4.04. The molecule has 0 unspecified atom stereocenters. The highest BCUT2D eigenvalue weighted by Crippen LogP contribution is 2.25. The van der Waals surface area contributed by atoms with Crippen LogP contribution in [0.1, 0.15) is 17.4 Å². The summed E-state index contributed by atoms with van der Waals surface area (Å²) >= 11 is 1.40. The second-order valence-electron chi connectivity index (χ2n) is 4.51. The summed E-state index contributed by atoms with van der Waals surface area (Å²) in [5.74, 6) is -0.604. The lowest BCUT2D eigenvalue weighted by Crippen LogP contribution is -2.26. The van der Waals surface area contributed by atoms with Crippen molar-refractivity contribution in [1.29, 1.82) is 0 Å². The number of thiophene rings is 1. The summed E-state index contributed by atoms with van der Waals surface area (Å²) in [7, 11) is -2.60. The van der Waals surface area contributed by atoms with Crippen LogP contribution in [0.15, 0.2) is 40.6 Å². The van der Waals surface area contributed by atoms with Crippen LogP contribution in [-0.2, 0) is 10.0 Å². The second-order valence-corrected chi connectivity index (χ2v) is 7.23. The summed E-state index contributed by atoms with van der Waals surface area (Å²) in [5.41, 5.74) is 0. The number of hydrogen-bond donors (Lipinski definition) is 2. The van der Waals surface area contributed by atoms with Gasteiger partial charge in [0, 0.05) is 11.4 Å². The number of nitrogens with one attached hydrogen (secondary N) is 1. The topological polar surface area (TPSA) is 75.6 Å². The van der Waals surface area contributed by atoms with E-state index in [0.29, 0.717) is 0 Å². The molecule has 0 saturated carbocycles. The first-order valence-corrected chi connectivity index (χ1v) is 8.85. The van der Waals surface area contributed by atoms with Crippen LogP contribution in [-0.4, -0.2) is 27.2 Å². The van der Waals surface area contributed by atoms with Gasteiger partial charge >= 0.3 is 0 Å². The third-order valence-electron chi connectivity index (χ3n) is 3.00. The summed E-state index contributed by atoms with van der Waals surface area (Å²) < 4.78 is 44.9. The van der Waals surface area contributed by atoms with Gasteiger partial charge in [-0.25, -0.2) is 17.5 Å². The Kier molecular flexibility index (Phi) is 5.52. The van der Waals surface area contributed by atoms with Crippen molar-refractivity contribution in [3.05, 3.63) is 46.4 Å². The molecule has 1 aromatic carbocycles. The number of halogens is 1. The molecular weight excluding hydrogens is 329 g/mol. The summed E-state index contributed by atoms with van der Waals surface area (Å²) in [6.45, 7) is 0.0288. The van der Waals surface area contributed by atoms with Crippen LogP contribution in [0, 0.1) is 5.82 Å². The van der Waals surface area contributed by atoms with E-state index in [1.165, 1.54) is 24.5 Å². The average Bonchev–Trinajstić information content (AvgIpc) is 3.01. The molecule has 2 rings (SSSR count). The lowest BCUT2D eigenvalue weighted by Gasteiger charge is -2.12. The Balaban J connectivity index is 2.04. The molecule has 22 heavy (non-hydrogen) atoms. The Morgan fingerprint density at radius 3 is 2.82 bits per heavy atom. The fraction of sp³-hybridized carbons (Fsp3) is 0.286. The zero-order valence-corrected chi connectivity index (χ0v) is 13.5. The molecule has 0 aliphatic rings. The fourth-order valence-corrected chi connectivity index (χ4v) is 3.86. The average molecular weight is 345 g/mol. The molecule has 1 heterocycles. The molecule has 2 N–H and O–H groups in total. The van der Waals surface area contributed by atoms with E-state index in [-0.39, 0.29) is 23.6 Å². The minimum atomic E-state index is -3.91. The van der Waals surface area contributed by atoms with Crippen molar-refractivity contribution >= 4 is 21.4 Å². The quantitative estimate of drug-likeness (QED) is 0.807. The summed E-state index contributed by atoms with van der Waals surface area (Å²) in [6, 6.07) is 6.87. The van der Waals surface area contributed by atoms with Gasteiger partial charge in [0.1, 0.15) is 16.5 Å². The number of aliphatic hydroxyl groups is 1. The molecule has 120 valence electrons. The van der Waals surface area contributed by atoms with Crippen LogP contribution in [0.3, 0.4) is 0 Å². The van der Waals surface area contributed by atoms with Crippen LogP contribution in [0.25, 0.3) is 0 Å². The molecule has 0 saturated heterocycles. The van der Waals surface area contributed by atoms with Crippen LogP contribution < -0.4 is 9.46 Å². The minimum Gasteiger partial charge on any atom is -0.495 e. The zero-order valence-electron chi connectivity index (χ0n) is 11.8. The molecular formula is C14H16FNO4S2. The molecule has 0 aliphatic heterocycles. The van der Waals surface area contributed by atoms with Crippen molar-refractivity contribution in [3.63, 3.8) is 0 Å². The fourth-order valence-electron chi connectivity index (χ4n) is 1.89. The zero-order chi connectivity index (χ0) is 16.2. The summed E-state index contributed by atoms with van der Waals surface area (Å²) in [5, 5.41) is 11.7. The Labute approximate surface area is 132 Å². The van der Waals surface area contributed by atoms with E-state index in [1.54, 1.807) is 6.07 Å². The maximum Gasteiger partial charge on any atom is 0.244 e. The predicted octanol–water partition coefficient (Wildman–Crippen LogP) is 2.30. The lowest BCUT2D eigenvalue weighted by atomic mass is 10.2. The van der Waals surface area contributed by atoms with E-state index in [0.717, 1.165) is 17.0 Å². The van der Waals surface area contributed by atoms with Gasteiger partial charge in [-0.2, -0.15) is 0 Å². The van der Waals surface area contributed by atoms with E-state index >= 15 is 0 Å². The maximum atomic E-state index is 13.3. The largest absolute Gasteiger partial charge is 0.495 e. The first-order valence-electron chi connectivity index (χ1n) is 6.48. The van der Waals surface area contributed by atoms with Crippen LogP contribution in [0.2, 0.25) is 0 Å². The van der Waals surface area contributed by atoms with Crippen LogP contribution in [0.4, 0.5) is 4.39 Å². The van der Waals surface area contributed by atoms with Gasteiger partial charge in [-0.15, -0.1) is 11.3 Å². The molecule has 0 spiro atoms. The molecule has 0 amide bonds. The van der Waals surface area contributed by atoms with E-state index in [2.05, 4.69) is 4.72 Å². The third-order valence-corrected chi connectivity index (χ3v) is 5.45. The van der Waals surface area contributed by atoms with Crippen LogP contribution >= 0.6 is 11.3 Å². The van der Waals surface area contributed by atoms with Gasteiger partial charge in [0.15, 0.2) is 0 Å². The van der Waals surface area contributed by atoms with Crippen molar-refractivity contribution in [2.24, 2.45) is 0 Å². The SMILES string of the molecule is COc1ccc(F)cc1S(=O)(=O)NCC[C@@H](O)c1cccs1. The van der Waals surface area contributed by atoms with E-state index in [1.807, 2.05) is 11.4 Å². The molecule has 1 aromatic heterocycles. The number of aliphatic hydroxyl groups excluding tert-OH is 1. The maximum absolute atomic E-state index is 13.3. The van der Waals surface area contributed by atoms with Gasteiger partial charge in [0.2, 0.25) is 10.0 Å². The number of rotatable bonds is 7. The Bertz CT molecular complexity index is 716. The number of benzene rings is 1. The molecule has 1 atom stereocenters. The van der Waals surface area contributed by atoms with Crippen LogP contribution in [0.5, 0.6) is 5.75 Å². The lowest BCUT2D eigenvalue weighted by molar-refractivity contribution is 0.173. The number of methoxy groups -OCH3 is 1. The van der Waals surface area contributed by atoms with Gasteiger partial charge in [-0.05, 0) is 36.1 Å². The molecule has 0 fully saturated rings. The summed E-state index contributed by atoms with van der Waals surface area (Å²) in [4.78, 5) is 0.503. The second kappa shape index (κ2) is 7.19. The first kappa shape index (κ1) is 16.9. The van der Waals surface area contributed by atoms with Gasteiger partial charge in [0.25, 0.3) is 0 Å². The normalized spacial score (nSPS) is 13.0. The van der Waals surface area contributed by atoms with E-state index in [4.69, 9.17) is 4.74 Å². The number of ether oxygens (including phenoxy) is 1. The highest BCUT2D eigenvalue weighted by molar-refractivity contribution is 7.89. The highest BCUT2D eigenvalue weighted by atomic mass is 32.2. The molecule has 2 aromatic rings. The monoisotopic (exact) mass is 345 g/mol. The number of hydrogen-bond acceptors (Lipinski definition) is 5. The van der Waals surface area contributed by atoms with Gasteiger partial charge in [-0.3, -0.25) is 0 Å². The van der Waals surface area contributed by atoms with Crippen molar-refractivity contribution in [2.75, 3.05) is 13.7 Å². The van der Waals surface area contributed by atoms with Crippen molar-refractivity contribution in [1.82, 2.24) is 4.72 Å². The van der Waals surface area contributed by atoms with E-state index in [9.17, 15) is 17.9 Å². The Morgan fingerprint density at radius 2 is 2.18 bits per heavy atom. The van der Waals surface area contributed by atoms with Crippen molar-refractivity contribution < 1.29 is 22.7 Å². The van der Waals surface area contributed by atoms with Crippen molar-refractivity contribution in [2.45, 2.75) is 17.4 Å². The van der Waals surface area contributed by atoms with Gasteiger partial charge in [0.05, 0.1) is 13.2 Å². The minimum absolute atomic E-state index is 0.0288. The Hall–Kier alpha value is -1.48. The molecule has 0 radical (unpaired) electrons. The molecule has 0 bridgehead atoms. The smallest absolute Gasteiger partial charge is 0.244 e. The van der Waals surface area contributed by atoms with E-state index < -0.39 is 21.9 Å². The first-order chi connectivity index (χ1) is 10.4. The highest BCUT2D eigenvalue weighted by Gasteiger charge is 2.20. The molecule has 5 nitrogen and oxygen atoms in total. The predicted molar refractivity (Wildman–Crippen MR) is 82.0 cm³/mol. The van der Waals surface area contributed by atoms with Gasteiger partial charge < -0.3 is 9.84 Å².